The predicted octanol–water partition coefficient (Wildman–Crippen LogP) is -0.168. The number of rotatable bonds is 15. The number of carbonyl (C=O) groups is 1. The van der Waals surface area contributed by atoms with Crippen molar-refractivity contribution in [1.29, 1.82) is 0 Å². The Balaban J connectivity index is 2.54. The Kier molecular flexibility index (Phi) is 12.7. The van der Waals surface area contributed by atoms with Crippen LogP contribution in [-0.2, 0) is 6.54 Å². The van der Waals surface area contributed by atoms with E-state index in [0.717, 1.165) is 31.2 Å². The van der Waals surface area contributed by atoms with Gasteiger partial charge in [0.1, 0.15) is 12.2 Å². The minimum absolute atomic E-state index is 0.144. The summed E-state index contributed by atoms with van der Waals surface area (Å²) in [6.45, 7) is 3.67. The van der Waals surface area contributed by atoms with Crippen LogP contribution in [0.15, 0.2) is 24.3 Å². The fraction of sp³-hybridized carbons (Fsp3) is 0.667. The third-order valence-corrected chi connectivity index (χ3v) is 4.91. The molecule has 3 atom stereocenters. The summed E-state index contributed by atoms with van der Waals surface area (Å²) in [6.07, 6.45) is 0.235. The Labute approximate surface area is 173 Å². The zero-order chi connectivity index (χ0) is 21.6. The van der Waals surface area contributed by atoms with Crippen molar-refractivity contribution in [2.45, 2.75) is 57.5 Å². The first-order valence-corrected chi connectivity index (χ1v) is 10.4. The van der Waals surface area contributed by atoms with Crippen LogP contribution in [0.3, 0.4) is 0 Å². The number of aliphatic hydroxyl groups is 4. The highest BCUT2D eigenvalue weighted by Gasteiger charge is 2.25. The minimum atomic E-state index is -1.42. The molecule has 0 aliphatic heterocycles. The molecule has 3 unspecified atom stereocenters. The van der Waals surface area contributed by atoms with Crippen LogP contribution in [0.25, 0.3) is 0 Å². The maximum atomic E-state index is 12.3. The highest BCUT2D eigenvalue weighted by molar-refractivity contribution is 5.94. The van der Waals surface area contributed by atoms with Gasteiger partial charge in [0.05, 0.1) is 12.7 Å². The second-order valence-corrected chi connectivity index (χ2v) is 7.33. The maximum Gasteiger partial charge on any atom is 0.251 e. The molecule has 0 saturated heterocycles. The molecule has 29 heavy (non-hydrogen) atoms. The number of carbonyl (C=O) groups excluding carboxylic acids is 1. The van der Waals surface area contributed by atoms with Crippen molar-refractivity contribution in [2.75, 3.05) is 32.8 Å². The summed E-state index contributed by atoms with van der Waals surface area (Å²) in [5, 5.41) is 41.4. The van der Waals surface area contributed by atoms with Crippen LogP contribution in [0.2, 0.25) is 0 Å². The number of unbranched alkanes of at least 4 members (excludes halogenated alkanes) is 3. The summed E-state index contributed by atoms with van der Waals surface area (Å²) in [5.41, 5.74) is 7.07. The quantitative estimate of drug-likeness (QED) is 0.220. The largest absolute Gasteiger partial charge is 0.394 e. The maximum absolute atomic E-state index is 12.3. The summed E-state index contributed by atoms with van der Waals surface area (Å²) in [7, 11) is 0. The van der Waals surface area contributed by atoms with Crippen molar-refractivity contribution in [3.05, 3.63) is 35.4 Å². The van der Waals surface area contributed by atoms with Crippen LogP contribution in [0.4, 0.5) is 0 Å². The molecule has 0 saturated carbocycles. The number of amides is 1. The molecule has 0 fully saturated rings. The highest BCUT2D eigenvalue weighted by Crippen LogP contribution is 2.07. The van der Waals surface area contributed by atoms with Crippen molar-refractivity contribution >= 4 is 5.91 Å². The van der Waals surface area contributed by atoms with Crippen molar-refractivity contribution in [2.24, 2.45) is 5.73 Å². The van der Waals surface area contributed by atoms with Gasteiger partial charge >= 0.3 is 0 Å². The molecular formula is C21H37N3O5. The van der Waals surface area contributed by atoms with Gasteiger partial charge in [-0.1, -0.05) is 38.3 Å². The zero-order valence-corrected chi connectivity index (χ0v) is 17.3. The molecule has 0 bridgehead atoms. The standard InChI is InChI=1S/C21H37N3O5/c1-2-3-4-5-11-24(14-18(26)20(28)19(27)15-25)12-10-23-21(29)17-8-6-16(13-22)7-9-17/h6-9,18-20,25-28H,2-5,10-15,22H2,1H3,(H,23,29). The van der Waals surface area contributed by atoms with Gasteiger partial charge in [-0.2, -0.15) is 0 Å². The van der Waals surface area contributed by atoms with Crippen LogP contribution in [0.1, 0.15) is 48.5 Å². The molecule has 0 aromatic heterocycles. The second-order valence-electron chi connectivity index (χ2n) is 7.33. The molecule has 1 aromatic carbocycles. The number of nitrogens with two attached hydrogens (primary N) is 1. The summed E-state index contributed by atoms with van der Waals surface area (Å²) in [6, 6.07) is 7.10. The first-order valence-electron chi connectivity index (χ1n) is 10.4. The molecule has 0 heterocycles. The average Bonchev–Trinajstić information content (AvgIpc) is 2.75. The molecule has 166 valence electrons. The monoisotopic (exact) mass is 411 g/mol. The smallest absolute Gasteiger partial charge is 0.251 e. The van der Waals surface area contributed by atoms with Crippen LogP contribution < -0.4 is 11.1 Å². The summed E-state index contributed by atoms with van der Waals surface area (Å²) >= 11 is 0. The number of hydrogen-bond donors (Lipinski definition) is 6. The van der Waals surface area contributed by atoms with Crippen LogP contribution in [0, 0.1) is 0 Å². The van der Waals surface area contributed by atoms with Crippen molar-refractivity contribution in [1.82, 2.24) is 10.2 Å². The molecule has 0 radical (unpaired) electrons. The van der Waals surface area contributed by atoms with E-state index in [0.29, 0.717) is 31.7 Å². The lowest BCUT2D eigenvalue weighted by molar-refractivity contribution is -0.0840. The number of nitrogens with zero attached hydrogens (tertiary/aromatic N) is 1. The number of nitrogens with one attached hydrogen (secondary N) is 1. The summed E-state index contributed by atoms with van der Waals surface area (Å²) in [4.78, 5) is 14.2. The molecule has 1 rings (SSSR count). The first kappa shape index (κ1) is 25.5. The Morgan fingerprint density at radius 1 is 1.07 bits per heavy atom. The van der Waals surface area contributed by atoms with E-state index in [-0.39, 0.29) is 12.5 Å². The summed E-state index contributed by atoms with van der Waals surface area (Å²) < 4.78 is 0. The van der Waals surface area contributed by atoms with Gasteiger partial charge in [0, 0.05) is 31.7 Å². The van der Waals surface area contributed by atoms with E-state index in [4.69, 9.17) is 10.8 Å². The molecule has 8 heteroatoms. The SMILES string of the molecule is CCCCCCN(CCNC(=O)c1ccc(CN)cc1)CC(O)C(O)C(O)CO. The fourth-order valence-electron chi connectivity index (χ4n) is 3.02. The van der Waals surface area contributed by atoms with Crippen LogP contribution in [0.5, 0.6) is 0 Å². The van der Waals surface area contributed by atoms with Crippen molar-refractivity contribution in [3.8, 4) is 0 Å². The molecule has 1 amide bonds. The van der Waals surface area contributed by atoms with E-state index in [9.17, 15) is 20.1 Å². The van der Waals surface area contributed by atoms with Gasteiger partial charge in [-0.15, -0.1) is 0 Å². The van der Waals surface area contributed by atoms with Gasteiger partial charge in [-0.05, 0) is 30.7 Å². The fourth-order valence-corrected chi connectivity index (χ4v) is 3.02. The Hall–Kier alpha value is -1.55. The van der Waals surface area contributed by atoms with E-state index >= 15 is 0 Å². The molecule has 1 aromatic rings. The molecule has 0 aliphatic carbocycles. The zero-order valence-electron chi connectivity index (χ0n) is 17.3. The van der Waals surface area contributed by atoms with E-state index in [1.54, 1.807) is 12.1 Å². The lowest BCUT2D eigenvalue weighted by atomic mass is 10.1. The van der Waals surface area contributed by atoms with Crippen molar-refractivity contribution < 1.29 is 25.2 Å². The minimum Gasteiger partial charge on any atom is -0.394 e. The van der Waals surface area contributed by atoms with Gasteiger partial charge < -0.3 is 31.5 Å². The van der Waals surface area contributed by atoms with E-state index < -0.39 is 24.9 Å². The molecule has 0 spiro atoms. The lowest BCUT2D eigenvalue weighted by Crippen LogP contribution is -2.47. The Morgan fingerprint density at radius 2 is 1.76 bits per heavy atom. The third kappa shape index (κ3) is 9.66. The Morgan fingerprint density at radius 3 is 2.34 bits per heavy atom. The average molecular weight is 412 g/mol. The van der Waals surface area contributed by atoms with Crippen molar-refractivity contribution in [3.63, 3.8) is 0 Å². The number of benzene rings is 1. The first-order chi connectivity index (χ1) is 13.9. The normalized spacial score (nSPS) is 14.6. The Bertz CT molecular complexity index is 570. The topological polar surface area (TPSA) is 139 Å². The molecular weight excluding hydrogens is 374 g/mol. The highest BCUT2D eigenvalue weighted by atomic mass is 16.4. The van der Waals surface area contributed by atoms with Crippen LogP contribution >= 0.6 is 0 Å². The van der Waals surface area contributed by atoms with Gasteiger partial charge in [0.15, 0.2) is 0 Å². The van der Waals surface area contributed by atoms with Gasteiger partial charge in [0.25, 0.3) is 5.91 Å². The van der Waals surface area contributed by atoms with Gasteiger partial charge in [0.2, 0.25) is 0 Å². The molecule has 0 aliphatic rings. The number of aliphatic hydroxyl groups excluding tert-OH is 4. The van der Waals surface area contributed by atoms with E-state index in [2.05, 4.69) is 12.2 Å². The molecule has 8 nitrogen and oxygen atoms in total. The number of hydrogen-bond acceptors (Lipinski definition) is 7. The molecule has 7 N–H and O–H groups in total. The lowest BCUT2D eigenvalue weighted by Gasteiger charge is -2.29. The predicted molar refractivity (Wildman–Crippen MR) is 112 cm³/mol. The third-order valence-electron chi connectivity index (χ3n) is 4.91. The second kappa shape index (κ2) is 14.4. The van der Waals surface area contributed by atoms with Gasteiger partial charge in [-0.25, -0.2) is 0 Å². The van der Waals surface area contributed by atoms with Gasteiger partial charge in [-0.3, -0.25) is 9.69 Å². The summed E-state index contributed by atoms with van der Waals surface area (Å²) in [5.74, 6) is -0.184. The van der Waals surface area contributed by atoms with E-state index in [1.807, 2.05) is 17.0 Å². The van der Waals surface area contributed by atoms with Crippen LogP contribution in [-0.4, -0.2) is 82.3 Å². The van der Waals surface area contributed by atoms with E-state index in [1.165, 1.54) is 0 Å².